The van der Waals surface area contributed by atoms with E-state index in [-0.39, 0.29) is 18.4 Å². The van der Waals surface area contributed by atoms with Crippen molar-refractivity contribution in [2.75, 3.05) is 18.9 Å². The number of amides is 2. The summed E-state index contributed by atoms with van der Waals surface area (Å²) in [5.41, 5.74) is 3.42. The van der Waals surface area contributed by atoms with Crippen LogP contribution in [-0.4, -0.2) is 30.3 Å². The van der Waals surface area contributed by atoms with Crippen molar-refractivity contribution in [3.63, 3.8) is 0 Å². The van der Waals surface area contributed by atoms with Gasteiger partial charge in [-0.3, -0.25) is 9.59 Å². The summed E-state index contributed by atoms with van der Waals surface area (Å²) in [6.45, 7) is 3.92. The Labute approximate surface area is 153 Å². The zero-order valence-corrected chi connectivity index (χ0v) is 15.2. The van der Waals surface area contributed by atoms with E-state index in [1.54, 1.807) is 13.1 Å². The van der Waals surface area contributed by atoms with Crippen LogP contribution < -0.4 is 5.32 Å². The normalized spacial score (nSPS) is 10.6. The van der Waals surface area contributed by atoms with Gasteiger partial charge in [-0.2, -0.15) is 0 Å². The predicted molar refractivity (Wildman–Crippen MR) is 105 cm³/mol. The average Bonchev–Trinajstić information content (AvgIpc) is 2.63. The number of nitrogens with zero attached hydrogens (tertiary/aromatic N) is 1. The standard InChI is InChI=1S/C22H22N2O2/c1-15-8-9-16(2)20(12-15)23-21(25)14-24(3)22(26)19-11-10-17-6-4-5-7-18(17)13-19/h4-13H,14H2,1-3H3,(H,23,25). The molecule has 0 aliphatic rings. The Balaban J connectivity index is 1.69. The molecule has 26 heavy (non-hydrogen) atoms. The number of nitrogens with one attached hydrogen (secondary N) is 1. The van der Waals surface area contributed by atoms with Crippen LogP contribution in [0.2, 0.25) is 0 Å². The van der Waals surface area contributed by atoms with E-state index in [0.29, 0.717) is 5.56 Å². The van der Waals surface area contributed by atoms with Crippen LogP contribution in [-0.2, 0) is 4.79 Å². The van der Waals surface area contributed by atoms with Crippen molar-refractivity contribution in [2.45, 2.75) is 13.8 Å². The molecule has 0 aliphatic heterocycles. The van der Waals surface area contributed by atoms with Gasteiger partial charge in [0, 0.05) is 18.3 Å². The molecule has 0 aliphatic carbocycles. The SMILES string of the molecule is Cc1ccc(C)c(NC(=O)CN(C)C(=O)c2ccc3ccccc3c2)c1. The van der Waals surface area contributed by atoms with Gasteiger partial charge in [-0.1, -0.05) is 42.5 Å². The van der Waals surface area contributed by atoms with Crippen molar-refractivity contribution in [3.8, 4) is 0 Å². The number of likely N-dealkylation sites (N-methyl/N-ethyl adjacent to an activating group) is 1. The van der Waals surface area contributed by atoms with Gasteiger partial charge < -0.3 is 10.2 Å². The summed E-state index contributed by atoms with van der Waals surface area (Å²) < 4.78 is 0. The third-order valence-electron chi connectivity index (χ3n) is 4.39. The molecular weight excluding hydrogens is 324 g/mol. The van der Waals surface area contributed by atoms with E-state index in [4.69, 9.17) is 0 Å². The minimum Gasteiger partial charge on any atom is -0.332 e. The van der Waals surface area contributed by atoms with Crippen LogP contribution >= 0.6 is 0 Å². The highest BCUT2D eigenvalue weighted by molar-refractivity contribution is 6.01. The molecule has 0 atom stereocenters. The number of anilines is 1. The molecule has 3 aromatic rings. The Morgan fingerprint density at radius 2 is 1.65 bits per heavy atom. The van der Waals surface area contributed by atoms with Crippen LogP contribution in [0.15, 0.2) is 60.7 Å². The first-order valence-corrected chi connectivity index (χ1v) is 8.55. The van der Waals surface area contributed by atoms with Gasteiger partial charge in [-0.05, 0) is 53.9 Å². The number of carbonyl (C=O) groups excluding carboxylic acids is 2. The molecule has 0 saturated heterocycles. The van der Waals surface area contributed by atoms with Crippen LogP contribution in [0.3, 0.4) is 0 Å². The fourth-order valence-corrected chi connectivity index (χ4v) is 2.89. The molecule has 0 fully saturated rings. The van der Waals surface area contributed by atoms with Crippen LogP contribution in [0.1, 0.15) is 21.5 Å². The lowest BCUT2D eigenvalue weighted by Crippen LogP contribution is -2.35. The van der Waals surface area contributed by atoms with Gasteiger partial charge in [0.15, 0.2) is 0 Å². The summed E-state index contributed by atoms with van der Waals surface area (Å²) in [6, 6.07) is 19.4. The number of aryl methyl sites for hydroxylation is 2. The van der Waals surface area contributed by atoms with E-state index < -0.39 is 0 Å². The lowest BCUT2D eigenvalue weighted by molar-refractivity contribution is -0.116. The van der Waals surface area contributed by atoms with Gasteiger partial charge in [-0.15, -0.1) is 0 Å². The maximum Gasteiger partial charge on any atom is 0.254 e. The second-order valence-electron chi connectivity index (χ2n) is 6.59. The molecule has 0 radical (unpaired) electrons. The van der Waals surface area contributed by atoms with Gasteiger partial charge in [-0.25, -0.2) is 0 Å². The predicted octanol–water partition coefficient (Wildman–Crippen LogP) is 4.17. The molecule has 4 nitrogen and oxygen atoms in total. The average molecular weight is 346 g/mol. The molecule has 4 heteroatoms. The van der Waals surface area contributed by atoms with E-state index in [1.165, 1.54) is 4.90 Å². The summed E-state index contributed by atoms with van der Waals surface area (Å²) >= 11 is 0. The maximum atomic E-state index is 12.6. The number of benzene rings is 3. The Bertz CT molecular complexity index is 979. The van der Waals surface area contributed by atoms with E-state index in [2.05, 4.69) is 5.32 Å². The number of rotatable bonds is 4. The Kier molecular flexibility index (Phi) is 5.03. The van der Waals surface area contributed by atoms with Crippen LogP contribution in [0.25, 0.3) is 10.8 Å². The molecule has 0 heterocycles. The topological polar surface area (TPSA) is 49.4 Å². The molecular formula is C22H22N2O2. The van der Waals surface area contributed by atoms with Crippen molar-refractivity contribution in [3.05, 3.63) is 77.4 Å². The highest BCUT2D eigenvalue weighted by atomic mass is 16.2. The molecule has 0 unspecified atom stereocenters. The van der Waals surface area contributed by atoms with Gasteiger partial charge in [0.25, 0.3) is 5.91 Å². The minimum absolute atomic E-state index is 0.000950. The highest BCUT2D eigenvalue weighted by Crippen LogP contribution is 2.18. The summed E-state index contributed by atoms with van der Waals surface area (Å²) in [6.07, 6.45) is 0. The van der Waals surface area contributed by atoms with Crippen molar-refractivity contribution < 1.29 is 9.59 Å². The number of fused-ring (bicyclic) bond motifs is 1. The number of carbonyl (C=O) groups is 2. The fraction of sp³-hybridized carbons (Fsp3) is 0.182. The largest absolute Gasteiger partial charge is 0.332 e. The van der Waals surface area contributed by atoms with Gasteiger partial charge in [0.1, 0.15) is 0 Å². The van der Waals surface area contributed by atoms with E-state index in [0.717, 1.165) is 27.6 Å². The molecule has 132 valence electrons. The lowest BCUT2D eigenvalue weighted by atomic mass is 10.1. The second-order valence-corrected chi connectivity index (χ2v) is 6.59. The number of hydrogen-bond acceptors (Lipinski definition) is 2. The first-order chi connectivity index (χ1) is 12.4. The van der Waals surface area contributed by atoms with Crippen LogP contribution in [0, 0.1) is 13.8 Å². The molecule has 1 N–H and O–H groups in total. The van der Waals surface area contributed by atoms with E-state index in [9.17, 15) is 9.59 Å². The quantitative estimate of drug-likeness (QED) is 0.771. The summed E-state index contributed by atoms with van der Waals surface area (Å²) in [5.74, 6) is -0.387. The van der Waals surface area contributed by atoms with Crippen LogP contribution in [0.5, 0.6) is 0 Å². The highest BCUT2D eigenvalue weighted by Gasteiger charge is 2.16. The van der Waals surface area contributed by atoms with Crippen molar-refractivity contribution in [1.82, 2.24) is 4.90 Å². The monoisotopic (exact) mass is 346 g/mol. The summed E-state index contributed by atoms with van der Waals surface area (Å²) in [7, 11) is 1.64. The zero-order valence-electron chi connectivity index (χ0n) is 15.2. The molecule has 3 aromatic carbocycles. The van der Waals surface area contributed by atoms with Gasteiger partial charge in [0.05, 0.1) is 6.54 Å². The van der Waals surface area contributed by atoms with Crippen molar-refractivity contribution >= 4 is 28.3 Å². The van der Waals surface area contributed by atoms with Gasteiger partial charge in [0.2, 0.25) is 5.91 Å². The molecule has 0 spiro atoms. The Hall–Kier alpha value is -3.14. The fourth-order valence-electron chi connectivity index (χ4n) is 2.89. The summed E-state index contributed by atoms with van der Waals surface area (Å²) in [4.78, 5) is 26.4. The molecule has 0 saturated carbocycles. The first kappa shape index (κ1) is 17.7. The van der Waals surface area contributed by atoms with Crippen molar-refractivity contribution in [2.24, 2.45) is 0 Å². The molecule has 3 rings (SSSR count). The maximum absolute atomic E-state index is 12.6. The minimum atomic E-state index is -0.213. The van der Waals surface area contributed by atoms with E-state index >= 15 is 0 Å². The number of hydrogen-bond donors (Lipinski definition) is 1. The van der Waals surface area contributed by atoms with E-state index in [1.807, 2.05) is 68.4 Å². The van der Waals surface area contributed by atoms with Crippen LogP contribution in [0.4, 0.5) is 5.69 Å². The third-order valence-corrected chi connectivity index (χ3v) is 4.39. The molecule has 0 aromatic heterocycles. The lowest BCUT2D eigenvalue weighted by Gasteiger charge is -2.18. The van der Waals surface area contributed by atoms with Gasteiger partial charge >= 0.3 is 0 Å². The Morgan fingerprint density at radius 1 is 0.923 bits per heavy atom. The zero-order chi connectivity index (χ0) is 18.7. The second kappa shape index (κ2) is 7.40. The van der Waals surface area contributed by atoms with Crippen molar-refractivity contribution in [1.29, 1.82) is 0 Å². The smallest absolute Gasteiger partial charge is 0.254 e. The summed E-state index contributed by atoms with van der Waals surface area (Å²) in [5, 5.41) is 4.97. The molecule has 2 amide bonds. The third kappa shape index (κ3) is 3.91. The Morgan fingerprint density at radius 3 is 2.42 bits per heavy atom. The molecule has 0 bridgehead atoms. The first-order valence-electron chi connectivity index (χ1n) is 8.55.